The number of ether oxygens (including phenoxy) is 1. The molecule has 0 spiro atoms. The third-order valence-corrected chi connectivity index (χ3v) is 4.03. The summed E-state index contributed by atoms with van der Waals surface area (Å²) in [7, 11) is 2.23. The molecule has 1 aromatic rings. The lowest BCUT2D eigenvalue weighted by Crippen LogP contribution is -2.35. The fourth-order valence-corrected chi connectivity index (χ4v) is 2.93. The van der Waals surface area contributed by atoms with Crippen molar-refractivity contribution in [3.8, 4) is 0 Å². The smallest absolute Gasteiger partial charge is 0.0601 e. The van der Waals surface area contributed by atoms with Gasteiger partial charge in [-0.2, -0.15) is 0 Å². The Kier molecular flexibility index (Phi) is 5.41. The minimum Gasteiger partial charge on any atom is -0.378 e. The van der Waals surface area contributed by atoms with Crippen LogP contribution in [0.4, 0.5) is 0 Å². The Bertz CT molecular complexity index is 363. The lowest BCUT2D eigenvalue weighted by molar-refractivity contribution is -0.0389. The van der Waals surface area contributed by atoms with E-state index in [1.54, 1.807) is 0 Å². The number of hydrogen-bond donors (Lipinski definition) is 0. The van der Waals surface area contributed by atoms with Gasteiger partial charge in [0.2, 0.25) is 0 Å². The van der Waals surface area contributed by atoms with Gasteiger partial charge in [0.1, 0.15) is 0 Å². The summed E-state index contributed by atoms with van der Waals surface area (Å²) >= 11 is 0. The van der Waals surface area contributed by atoms with Gasteiger partial charge in [0.25, 0.3) is 0 Å². The maximum atomic E-state index is 5.85. The first-order valence-electron chi connectivity index (χ1n) is 7.49. The molecule has 1 aliphatic rings. The topological polar surface area (TPSA) is 12.5 Å². The standard InChI is InChI=1S/C17H27NO/c1-14(2)17-11-16(9-10-19-17)13-18(3)12-15-7-5-4-6-8-15/h4-8,14,16-17H,9-13H2,1-3H3/t16-,17-/m1/s1. The Balaban J connectivity index is 1.80. The second-order valence-corrected chi connectivity index (χ2v) is 6.23. The average Bonchev–Trinajstić information content (AvgIpc) is 2.40. The number of nitrogens with zero attached hydrogens (tertiary/aromatic N) is 1. The van der Waals surface area contributed by atoms with E-state index in [-0.39, 0.29) is 0 Å². The van der Waals surface area contributed by atoms with E-state index in [2.05, 4.69) is 56.1 Å². The van der Waals surface area contributed by atoms with Crippen molar-refractivity contribution < 1.29 is 4.74 Å². The summed E-state index contributed by atoms with van der Waals surface area (Å²) in [4.78, 5) is 2.45. The Morgan fingerprint density at radius 3 is 2.68 bits per heavy atom. The molecule has 0 unspecified atom stereocenters. The first kappa shape index (κ1) is 14.5. The van der Waals surface area contributed by atoms with Gasteiger partial charge in [-0.3, -0.25) is 0 Å². The van der Waals surface area contributed by atoms with E-state index in [0.29, 0.717) is 12.0 Å². The Labute approximate surface area is 117 Å². The van der Waals surface area contributed by atoms with E-state index in [4.69, 9.17) is 4.74 Å². The largest absolute Gasteiger partial charge is 0.378 e. The lowest BCUT2D eigenvalue weighted by Gasteiger charge is -2.34. The number of hydrogen-bond acceptors (Lipinski definition) is 2. The zero-order valence-corrected chi connectivity index (χ0v) is 12.5. The molecule has 1 fully saturated rings. The van der Waals surface area contributed by atoms with Crippen molar-refractivity contribution in [3.63, 3.8) is 0 Å². The summed E-state index contributed by atoms with van der Waals surface area (Å²) in [5.74, 6) is 1.43. The van der Waals surface area contributed by atoms with Crippen LogP contribution < -0.4 is 0 Å². The molecule has 1 aromatic carbocycles. The van der Waals surface area contributed by atoms with Crippen molar-refractivity contribution in [3.05, 3.63) is 35.9 Å². The van der Waals surface area contributed by atoms with Gasteiger partial charge in [0, 0.05) is 19.7 Å². The molecule has 0 aliphatic carbocycles. The molecule has 106 valence electrons. The molecular weight excluding hydrogens is 234 g/mol. The van der Waals surface area contributed by atoms with Crippen molar-refractivity contribution in [2.75, 3.05) is 20.2 Å². The van der Waals surface area contributed by atoms with Gasteiger partial charge in [0.05, 0.1) is 6.10 Å². The molecule has 2 nitrogen and oxygen atoms in total. The van der Waals surface area contributed by atoms with Crippen molar-refractivity contribution in [1.29, 1.82) is 0 Å². The average molecular weight is 261 g/mol. The lowest BCUT2D eigenvalue weighted by atomic mass is 9.90. The van der Waals surface area contributed by atoms with E-state index in [0.717, 1.165) is 19.1 Å². The van der Waals surface area contributed by atoms with Crippen molar-refractivity contribution >= 4 is 0 Å². The van der Waals surface area contributed by atoms with E-state index >= 15 is 0 Å². The first-order valence-corrected chi connectivity index (χ1v) is 7.49. The second-order valence-electron chi connectivity index (χ2n) is 6.23. The van der Waals surface area contributed by atoms with Gasteiger partial charge in [-0.15, -0.1) is 0 Å². The zero-order chi connectivity index (χ0) is 13.7. The normalized spacial score (nSPS) is 24.1. The molecule has 2 rings (SSSR count). The molecule has 0 amide bonds. The van der Waals surface area contributed by atoms with Crippen LogP contribution in [0.2, 0.25) is 0 Å². The predicted octanol–water partition coefficient (Wildman–Crippen LogP) is 3.57. The molecule has 1 heterocycles. The molecule has 0 radical (unpaired) electrons. The third kappa shape index (κ3) is 4.63. The molecule has 0 aromatic heterocycles. The maximum absolute atomic E-state index is 5.85. The number of benzene rings is 1. The van der Waals surface area contributed by atoms with Crippen LogP contribution >= 0.6 is 0 Å². The molecule has 2 heteroatoms. The van der Waals surface area contributed by atoms with Gasteiger partial charge in [-0.25, -0.2) is 0 Å². The minimum atomic E-state index is 0.462. The highest BCUT2D eigenvalue weighted by Gasteiger charge is 2.25. The van der Waals surface area contributed by atoms with E-state index in [1.165, 1.54) is 24.9 Å². The Hall–Kier alpha value is -0.860. The Morgan fingerprint density at radius 1 is 1.26 bits per heavy atom. The highest BCUT2D eigenvalue weighted by atomic mass is 16.5. The fraction of sp³-hybridized carbons (Fsp3) is 0.647. The second kappa shape index (κ2) is 7.06. The summed E-state index contributed by atoms with van der Waals surface area (Å²) in [6, 6.07) is 10.7. The molecule has 1 aliphatic heterocycles. The highest BCUT2D eigenvalue weighted by Crippen LogP contribution is 2.25. The van der Waals surface area contributed by atoms with Gasteiger partial charge in [-0.05, 0) is 37.3 Å². The quantitative estimate of drug-likeness (QED) is 0.803. The van der Waals surface area contributed by atoms with Gasteiger partial charge in [-0.1, -0.05) is 44.2 Å². The summed E-state index contributed by atoms with van der Waals surface area (Å²) in [5.41, 5.74) is 1.40. The molecule has 2 atom stereocenters. The predicted molar refractivity (Wildman–Crippen MR) is 80.1 cm³/mol. The van der Waals surface area contributed by atoms with Crippen LogP contribution in [0.1, 0.15) is 32.3 Å². The van der Waals surface area contributed by atoms with E-state index in [1.807, 2.05) is 0 Å². The minimum absolute atomic E-state index is 0.462. The molecule has 0 saturated carbocycles. The molecule has 0 bridgehead atoms. The van der Waals surface area contributed by atoms with Crippen LogP contribution in [0.25, 0.3) is 0 Å². The van der Waals surface area contributed by atoms with Gasteiger partial charge < -0.3 is 9.64 Å². The molecule has 1 saturated heterocycles. The van der Waals surface area contributed by atoms with Crippen LogP contribution in [0.15, 0.2) is 30.3 Å². The van der Waals surface area contributed by atoms with Crippen molar-refractivity contribution in [1.82, 2.24) is 4.90 Å². The van der Waals surface area contributed by atoms with Crippen LogP contribution in [0.3, 0.4) is 0 Å². The van der Waals surface area contributed by atoms with Gasteiger partial charge in [0.15, 0.2) is 0 Å². The molecule has 19 heavy (non-hydrogen) atoms. The Morgan fingerprint density at radius 2 is 2.00 bits per heavy atom. The first-order chi connectivity index (χ1) is 9.15. The van der Waals surface area contributed by atoms with Crippen LogP contribution in [-0.2, 0) is 11.3 Å². The van der Waals surface area contributed by atoms with Crippen molar-refractivity contribution in [2.45, 2.75) is 39.3 Å². The van der Waals surface area contributed by atoms with Crippen LogP contribution in [0, 0.1) is 11.8 Å². The summed E-state index contributed by atoms with van der Waals surface area (Å²) in [6.45, 7) is 7.69. The number of rotatable bonds is 5. The third-order valence-electron chi connectivity index (χ3n) is 4.03. The van der Waals surface area contributed by atoms with Gasteiger partial charge >= 0.3 is 0 Å². The van der Waals surface area contributed by atoms with Crippen LogP contribution in [0.5, 0.6) is 0 Å². The van der Waals surface area contributed by atoms with E-state index in [9.17, 15) is 0 Å². The zero-order valence-electron chi connectivity index (χ0n) is 12.5. The van der Waals surface area contributed by atoms with Crippen molar-refractivity contribution in [2.24, 2.45) is 11.8 Å². The fourth-order valence-electron chi connectivity index (χ4n) is 2.93. The molecular formula is C17H27NO. The summed E-state index contributed by atoms with van der Waals surface area (Å²) in [6.07, 6.45) is 2.89. The highest BCUT2D eigenvalue weighted by molar-refractivity contribution is 5.14. The van der Waals surface area contributed by atoms with Crippen LogP contribution in [-0.4, -0.2) is 31.2 Å². The summed E-state index contributed by atoms with van der Waals surface area (Å²) < 4.78 is 5.85. The monoisotopic (exact) mass is 261 g/mol. The van der Waals surface area contributed by atoms with E-state index < -0.39 is 0 Å². The summed E-state index contributed by atoms with van der Waals surface area (Å²) in [5, 5.41) is 0. The SMILES string of the molecule is CC(C)[C@H]1C[C@H](CN(C)Cc2ccccc2)CCO1. The molecule has 0 N–H and O–H groups in total. The maximum Gasteiger partial charge on any atom is 0.0601 e.